The van der Waals surface area contributed by atoms with Crippen LogP contribution < -0.4 is 5.32 Å². The summed E-state index contributed by atoms with van der Waals surface area (Å²) < 4.78 is 1.44. The van der Waals surface area contributed by atoms with Gasteiger partial charge in [0.1, 0.15) is 0 Å². The van der Waals surface area contributed by atoms with Crippen molar-refractivity contribution in [2.24, 2.45) is 0 Å². The van der Waals surface area contributed by atoms with Gasteiger partial charge in [0.2, 0.25) is 0 Å². The molecule has 0 amide bonds. The summed E-state index contributed by atoms with van der Waals surface area (Å²) in [5.74, 6) is 0. The summed E-state index contributed by atoms with van der Waals surface area (Å²) in [6.07, 6.45) is 4.14. The van der Waals surface area contributed by atoms with E-state index in [-0.39, 0.29) is 0 Å². The SMILES string of the molecule is CCNCc1sc2ccccc2c1CN1CCCCC1. The lowest BCUT2D eigenvalue weighted by molar-refractivity contribution is 0.221. The van der Waals surface area contributed by atoms with E-state index in [4.69, 9.17) is 0 Å². The van der Waals surface area contributed by atoms with Crippen LogP contribution in [0.1, 0.15) is 36.6 Å². The van der Waals surface area contributed by atoms with Crippen molar-refractivity contribution < 1.29 is 0 Å². The molecule has 20 heavy (non-hydrogen) atoms. The first kappa shape index (κ1) is 14.1. The highest BCUT2D eigenvalue weighted by molar-refractivity contribution is 7.19. The first-order valence-corrected chi connectivity index (χ1v) is 8.62. The van der Waals surface area contributed by atoms with Gasteiger partial charge >= 0.3 is 0 Å². The van der Waals surface area contributed by atoms with E-state index in [2.05, 4.69) is 41.4 Å². The predicted molar refractivity (Wildman–Crippen MR) is 88.3 cm³/mol. The lowest BCUT2D eigenvalue weighted by atomic mass is 10.1. The maximum atomic E-state index is 3.50. The van der Waals surface area contributed by atoms with E-state index in [1.54, 1.807) is 5.56 Å². The first-order chi connectivity index (χ1) is 9.88. The fourth-order valence-corrected chi connectivity index (χ4v) is 4.23. The molecule has 3 heteroatoms. The van der Waals surface area contributed by atoms with Crippen molar-refractivity contribution in [1.82, 2.24) is 10.2 Å². The standard InChI is InChI=1S/C17H24N2S/c1-2-18-12-17-15(13-19-10-6-3-7-11-19)14-8-4-5-9-16(14)20-17/h4-5,8-9,18H,2-3,6-7,10-13H2,1H3. The third-order valence-electron chi connectivity index (χ3n) is 4.15. The number of nitrogens with zero attached hydrogens (tertiary/aromatic N) is 1. The minimum Gasteiger partial charge on any atom is -0.312 e. The van der Waals surface area contributed by atoms with Crippen molar-refractivity contribution in [2.45, 2.75) is 39.3 Å². The largest absolute Gasteiger partial charge is 0.312 e. The number of piperidine rings is 1. The Kier molecular flexibility index (Phi) is 4.71. The Morgan fingerprint density at radius 3 is 2.75 bits per heavy atom. The van der Waals surface area contributed by atoms with Gasteiger partial charge in [-0.15, -0.1) is 11.3 Å². The Labute approximate surface area is 125 Å². The van der Waals surface area contributed by atoms with E-state index in [0.717, 1.165) is 19.6 Å². The van der Waals surface area contributed by atoms with Crippen LogP contribution in [0.15, 0.2) is 24.3 Å². The molecule has 3 rings (SSSR count). The molecular formula is C17H24N2S. The molecule has 2 heterocycles. The molecule has 0 saturated carbocycles. The van der Waals surface area contributed by atoms with E-state index in [1.807, 2.05) is 11.3 Å². The topological polar surface area (TPSA) is 15.3 Å². The van der Waals surface area contributed by atoms with Crippen LogP contribution >= 0.6 is 11.3 Å². The Morgan fingerprint density at radius 1 is 1.15 bits per heavy atom. The van der Waals surface area contributed by atoms with Crippen LogP contribution in [0.4, 0.5) is 0 Å². The molecule has 108 valence electrons. The third kappa shape index (κ3) is 3.05. The zero-order valence-corrected chi connectivity index (χ0v) is 13.1. The molecule has 1 saturated heterocycles. The number of fused-ring (bicyclic) bond motifs is 1. The number of rotatable bonds is 5. The number of hydrogen-bond donors (Lipinski definition) is 1. The second-order valence-electron chi connectivity index (χ2n) is 5.62. The second kappa shape index (κ2) is 6.70. The van der Waals surface area contributed by atoms with Gasteiger partial charge in [0, 0.05) is 22.7 Å². The van der Waals surface area contributed by atoms with E-state index in [9.17, 15) is 0 Å². The molecule has 0 radical (unpaired) electrons. The Morgan fingerprint density at radius 2 is 1.95 bits per heavy atom. The fraction of sp³-hybridized carbons (Fsp3) is 0.529. The quantitative estimate of drug-likeness (QED) is 0.894. The number of nitrogens with one attached hydrogen (secondary N) is 1. The summed E-state index contributed by atoms with van der Waals surface area (Å²) in [7, 11) is 0. The van der Waals surface area contributed by atoms with Crippen molar-refractivity contribution in [3.63, 3.8) is 0 Å². The summed E-state index contributed by atoms with van der Waals surface area (Å²) in [5.41, 5.74) is 1.56. The fourth-order valence-electron chi connectivity index (χ4n) is 3.05. The zero-order valence-electron chi connectivity index (χ0n) is 12.3. The molecular weight excluding hydrogens is 264 g/mol. The normalized spacial score (nSPS) is 16.9. The van der Waals surface area contributed by atoms with Crippen LogP contribution in [0.25, 0.3) is 10.1 Å². The Bertz CT molecular complexity index is 555. The molecule has 1 N–H and O–H groups in total. The molecule has 1 aromatic carbocycles. The Balaban J connectivity index is 1.88. The van der Waals surface area contributed by atoms with Crippen LogP contribution in [0.5, 0.6) is 0 Å². The van der Waals surface area contributed by atoms with Gasteiger partial charge in [0.25, 0.3) is 0 Å². The molecule has 1 aliphatic rings. The van der Waals surface area contributed by atoms with Crippen LogP contribution in [-0.4, -0.2) is 24.5 Å². The number of benzene rings is 1. The van der Waals surface area contributed by atoms with Crippen LogP contribution in [0, 0.1) is 0 Å². The number of likely N-dealkylation sites (tertiary alicyclic amines) is 1. The van der Waals surface area contributed by atoms with Crippen molar-refractivity contribution in [3.05, 3.63) is 34.7 Å². The van der Waals surface area contributed by atoms with Crippen molar-refractivity contribution in [1.29, 1.82) is 0 Å². The minimum atomic E-state index is 1.01. The summed E-state index contributed by atoms with van der Waals surface area (Å²) >= 11 is 1.96. The average Bonchev–Trinajstić information content (AvgIpc) is 2.84. The number of thiophene rings is 1. The monoisotopic (exact) mass is 288 g/mol. The smallest absolute Gasteiger partial charge is 0.0349 e. The van der Waals surface area contributed by atoms with Gasteiger partial charge in [0.15, 0.2) is 0 Å². The van der Waals surface area contributed by atoms with Gasteiger partial charge in [-0.05, 0) is 49.5 Å². The van der Waals surface area contributed by atoms with E-state index >= 15 is 0 Å². The van der Waals surface area contributed by atoms with Gasteiger partial charge in [-0.1, -0.05) is 31.5 Å². The highest BCUT2D eigenvalue weighted by Crippen LogP contribution is 2.32. The van der Waals surface area contributed by atoms with Crippen LogP contribution in [0.2, 0.25) is 0 Å². The third-order valence-corrected chi connectivity index (χ3v) is 5.36. The molecule has 1 aliphatic heterocycles. The predicted octanol–water partition coefficient (Wildman–Crippen LogP) is 4.00. The second-order valence-corrected chi connectivity index (χ2v) is 6.75. The summed E-state index contributed by atoms with van der Waals surface area (Å²) in [6.45, 7) is 7.90. The molecule has 1 fully saturated rings. The maximum absolute atomic E-state index is 3.50. The lowest BCUT2D eigenvalue weighted by Crippen LogP contribution is -2.29. The highest BCUT2D eigenvalue weighted by atomic mass is 32.1. The molecule has 0 bridgehead atoms. The average molecular weight is 288 g/mol. The van der Waals surface area contributed by atoms with E-state index in [0.29, 0.717) is 0 Å². The van der Waals surface area contributed by atoms with Crippen molar-refractivity contribution >= 4 is 21.4 Å². The molecule has 0 spiro atoms. The highest BCUT2D eigenvalue weighted by Gasteiger charge is 2.16. The van der Waals surface area contributed by atoms with Crippen LogP contribution in [0.3, 0.4) is 0 Å². The summed E-state index contributed by atoms with van der Waals surface area (Å²) in [4.78, 5) is 4.16. The minimum absolute atomic E-state index is 1.01. The van der Waals surface area contributed by atoms with Gasteiger partial charge in [-0.3, -0.25) is 4.90 Å². The molecule has 0 unspecified atom stereocenters. The Hall–Kier alpha value is -0.900. The summed E-state index contributed by atoms with van der Waals surface area (Å²) in [5, 5.41) is 4.96. The zero-order chi connectivity index (χ0) is 13.8. The van der Waals surface area contributed by atoms with Gasteiger partial charge in [-0.25, -0.2) is 0 Å². The molecule has 0 aliphatic carbocycles. The first-order valence-electron chi connectivity index (χ1n) is 7.81. The lowest BCUT2D eigenvalue weighted by Gasteiger charge is -2.26. The van der Waals surface area contributed by atoms with Gasteiger partial charge in [0.05, 0.1) is 0 Å². The molecule has 1 aromatic heterocycles. The van der Waals surface area contributed by atoms with Gasteiger partial charge < -0.3 is 5.32 Å². The van der Waals surface area contributed by atoms with Crippen LogP contribution in [-0.2, 0) is 13.1 Å². The number of hydrogen-bond acceptors (Lipinski definition) is 3. The van der Waals surface area contributed by atoms with E-state index in [1.165, 1.54) is 47.3 Å². The molecule has 2 nitrogen and oxygen atoms in total. The van der Waals surface area contributed by atoms with Crippen molar-refractivity contribution in [2.75, 3.05) is 19.6 Å². The maximum Gasteiger partial charge on any atom is 0.0349 e. The van der Waals surface area contributed by atoms with Crippen molar-refractivity contribution in [3.8, 4) is 0 Å². The summed E-state index contributed by atoms with van der Waals surface area (Å²) in [6, 6.07) is 8.88. The molecule has 2 aromatic rings. The van der Waals surface area contributed by atoms with E-state index < -0.39 is 0 Å². The molecule has 0 atom stereocenters. The van der Waals surface area contributed by atoms with Gasteiger partial charge in [-0.2, -0.15) is 0 Å².